The summed E-state index contributed by atoms with van der Waals surface area (Å²) < 4.78 is 7.32. The highest BCUT2D eigenvalue weighted by molar-refractivity contribution is 5.99. The Bertz CT molecular complexity index is 1060. The van der Waals surface area contributed by atoms with Gasteiger partial charge in [-0.05, 0) is 29.8 Å². The van der Waals surface area contributed by atoms with Gasteiger partial charge >= 0.3 is 0 Å². The van der Waals surface area contributed by atoms with E-state index in [9.17, 15) is 9.59 Å². The number of fused-ring (bicyclic) bond motifs is 2. The number of amides is 2. The number of carbonyl (C=O) groups is 2. The molecule has 0 radical (unpaired) electrons. The van der Waals surface area contributed by atoms with Crippen LogP contribution in [0, 0.1) is 0 Å². The molecule has 0 aliphatic carbocycles. The van der Waals surface area contributed by atoms with E-state index in [1.807, 2.05) is 47.1 Å². The molecule has 5 rings (SSSR count). The van der Waals surface area contributed by atoms with Gasteiger partial charge in [-0.25, -0.2) is 4.68 Å². The Morgan fingerprint density at radius 3 is 2.67 bits per heavy atom. The maximum atomic E-state index is 12.3. The van der Waals surface area contributed by atoms with E-state index < -0.39 is 0 Å². The van der Waals surface area contributed by atoms with Crippen LogP contribution in [0.2, 0.25) is 0 Å². The van der Waals surface area contributed by atoms with E-state index in [1.54, 1.807) is 12.3 Å². The standard InChI is InChI=1S/C20H16N4O3/c25-19-9-14(17-6-7-21-24(17)12-4-2-1-3-5-12)13-8-16-18(10-15(13)22-19)27-11-20(26)23-16/h1-8,10,14H,9,11H2,(H,22,25)(H,23,26)/t14-/m0/s1. The second-order valence-electron chi connectivity index (χ2n) is 6.58. The summed E-state index contributed by atoms with van der Waals surface area (Å²) in [5.41, 5.74) is 4.10. The lowest BCUT2D eigenvalue weighted by Gasteiger charge is -2.29. The van der Waals surface area contributed by atoms with Crippen LogP contribution in [0.3, 0.4) is 0 Å². The van der Waals surface area contributed by atoms with Crippen LogP contribution in [0.15, 0.2) is 54.7 Å². The predicted molar refractivity (Wildman–Crippen MR) is 99.2 cm³/mol. The summed E-state index contributed by atoms with van der Waals surface area (Å²) in [5.74, 6) is 0.132. The van der Waals surface area contributed by atoms with Crippen LogP contribution in [-0.4, -0.2) is 28.2 Å². The van der Waals surface area contributed by atoms with Crippen LogP contribution in [-0.2, 0) is 9.59 Å². The smallest absolute Gasteiger partial charge is 0.262 e. The molecule has 0 spiro atoms. The molecule has 2 aliphatic rings. The molecule has 134 valence electrons. The van der Waals surface area contributed by atoms with E-state index in [-0.39, 0.29) is 24.3 Å². The first kappa shape index (κ1) is 15.6. The van der Waals surface area contributed by atoms with E-state index in [0.29, 0.717) is 23.5 Å². The van der Waals surface area contributed by atoms with Crippen LogP contribution < -0.4 is 15.4 Å². The van der Waals surface area contributed by atoms with Gasteiger partial charge in [-0.2, -0.15) is 5.10 Å². The van der Waals surface area contributed by atoms with E-state index in [0.717, 1.165) is 16.9 Å². The van der Waals surface area contributed by atoms with Gasteiger partial charge in [-0.3, -0.25) is 9.59 Å². The van der Waals surface area contributed by atoms with Crippen molar-refractivity contribution in [3.05, 3.63) is 66.0 Å². The van der Waals surface area contributed by atoms with Crippen molar-refractivity contribution in [3.8, 4) is 11.4 Å². The zero-order chi connectivity index (χ0) is 18.4. The lowest BCUT2D eigenvalue weighted by Crippen LogP contribution is -2.28. The molecular weight excluding hydrogens is 344 g/mol. The molecule has 7 nitrogen and oxygen atoms in total. The Balaban J connectivity index is 1.64. The molecule has 1 aromatic heterocycles. The fourth-order valence-electron chi connectivity index (χ4n) is 3.66. The van der Waals surface area contributed by atoms with Gasteiger partial charge in [0.25, 0.3) is 5.91 Å². The van der Waals surface area contributed by atoms with Crippen molar-refractivity contribution in [3.63, 3.8) is 0 Å². The quantitative estimate of drug-likeness (QED) is 0.736. The topological polar surface area (TPSA) is 85.2 Å². The summed E-state index contributed by atoms with van der Waals surface area (Å²) in [5, 5.41) is 10.2. The van der Waals surface area contributed by atoms with Gasteiger partial charge in [0.2, 0.25) is 5.91 Å². The average molecular weight is 360 g/mol. The minimum atomic E-state index is -0.187. The van der Waals surface area contributed by atoms with Gasteiger partial charge in [-0.1, -0.05) is 18.2 Å². The number of carbonyl (C=O) groups excluding carboxylic acids is 2. The van der Waals surface area contributed by atoms with Gasteiger partial charge in [-0.15, -0.1) is 0 Å². The van der Waals surface area contributed by atoms with Gasteiger partial charge in [0.1, 0.15) is 5.75 Å². The van der Waals surface area contributed by atoms with Gasteiger partial charge in [0.05, 0.1) is 17.1 Å². The number of para-hydroxylation sites is 1. The number of anilines is 2. The molecule has 3 aromatic rings. The van der Waals surface area contributed by atoms with E-state index in [2.05, 4.69) is 15.7 Å². The largest absolute Gasteiger partial charge is 0.482 e. The van der Waals surface area contributed by atoms with Crippen LogP contribution in [0.1, 0.15) is 23.6 Å². The summed E-state index contributed by atoms with van der Waals surface area (Å²) in [7, 11) is 0. The number of hydrogen-bond acceptors (Lipinski definition) is 4. The van der Waals surface area contributed by atoms with Gasteiger partial charge in [0, 0.05) is 30.3 Å². The Morgan fingerprint density at radius 1 is 1.00 bits per heavy atom. The van der Waals surface area contributed by atoms with Crippen molar-refractivity contribution in [2.75, 3.05) is 17.2 Å². The van der Waals surface area contributed by atoms with E-state index in [1.165, 1.54) is 0 Å². The number of hydrogen-bond donors (Lipinski definition) is 2. The normalized spacial score (nSPS) is 18.0. The molecule has 0 unspecified atom stereocenters. The molecule has 2 aliphatic heterocycles. The maximum Gasteiger partial charge on any atom is 0.262 e. The van der Waals surface area contributed by atoms with Gasteiger partial charge < -0.3 is 15.4 Å². The Kier molecular flexibility index (Phi) is 3.46. The van der Waals surface area contributed by atoms with Crippen LogP contribution in [0.5, 0.6) is 5.75 Å². The molecule has 27 heavy (non-hydrogen) atoms. The van der Waals surface area contributed by atoms with E-state index >= 15 is 0 Å². The summed E-state index contributed by atoms with van der Waals surface area (Å²) in [6, 6.07) is 15.4. The van der Waals surface area contributed by atoms with Crippen LogP contribution in [0.25, 0.3) is 5.69 Å². The third-order valence-corrected chi connectivity index (χ3v) is 4.85. The van der Waals surface area contributed by atoms with Crippen molar-refractivity contribution in [2.24, 2.45) is 0 Å². The number of ether oxygens (including phenoxy) is 1. The van der Waals surface area contributed by atoms with Crippen molar-refractivity contribution < 1.29 is 14.3 Å². The first-order valence-corrected chi connectivity index (χ1v) is 8.69. The van der Waals surface area contributed by atoms with Crippen molar-refractivity contribution >= 4 is 23.2 Å². The highest BCUT2D eigenvalue weighted by Crippen LogP contribution is 2.43. The fraction of sp³-hybridized carbons (Fsp3) is 0.150. The first-order chi connectivity index (χ1) is 13.2. The molecule has 0 saturated heterocycles. The molecule has 0 bridgehead atoms. The molecule has 2 aromatic carbocycles. The monoisotopic (exact) mass is 360 g/mol. The third kappa shape index (κ3) is 2.64. The zero-order valence-electron chi connectivity index (χ0n) is 14.3. The molecule has 3 heterocycles. The lowest BCUT2D eigenvalue weighted by molar-refractivity contribution is -0.119. The van der Waals surface area contributed by atoms with Crippen molar-refractivity contribution in [1.29, 1.82) is 0 Å². The second kappa shape index (κ2) is 5.98. The molecule has 0 saturated carbocycles. The molecular formula is C20H16N4O3. The zero-order valence-corrected chi connectivity index (χ0v) is 14.3. The SMILES string of the molecule is O=C1COc2cc3c(cc2N1)[C@@H](c1ccnn1-c1ccccc1)CC(=O)N3. The predicted octanol–water partition coefficient (Wildman–Crippen LogP) is 2.68. The summed E-state index contributed by atoms with van der Waals surface area (Å²) in [4.78, 5) is 24.0. The minimum Gasteiger partial charge on any atom is -0.482 e. The summed E-state index contributed by atoms with van der Waals surface area (Å²) >= 11 is 0. The summed E-state index contributed by atoms with van der Waals surface area (Å²) in [6.45, 7) is -0.0239. The van der Waals surface area contributed by atoms with Gasteiger partial charge in [0.15, 0.2) is 6.61 Å². The Labute approximate surface area is 155 Å². The van der Waals surface area contributed by atoms with Crippen LogP contribution in [0.4, 0.5) is 11.4 Å². The minimum absolute atomic E-state index is 0.0239. The number of rotatable bonds is 2. The molecule has 7 heteroatoms. The third-order valence-electron chi connectivity index (χ3n) is 4.85. The highest BCUT2D eigenvalue weighted by atomic mass is 16.5. The summed E-state index contributed by atoms with van der Waals surface area (Å²) in [6.07, 6.45) is 2.04. The van der Waals surface area contributed by atoms with Crippen LogP contribution >= 0.6 is 0 Å². The molecule has 2 N–H and O–H groups in total. The Morgan fingerprint density at radius 2 is 1.81 bits per heavy atom. The first-order valence-electron chi connectivity index (χ1n) is 8.69. The fourth-order valence-corrected chi connectivity index (χ4v) is 3.66. The van der Waals surface area contributed by atoms with E-state index in [4.69, 9.17) is 4.74 Å². The molecule has 1 atom stereocenters. The number of nitrogens with zero attached hydrogens (tertiary/aromatic N) is 2. The number of benzene rings is 2. The Hall–Kier alpha value is -3.61. The molecule has 2 amide bonds. The highest BCUT2D eigenvalue weighted by Gasteiger charge is 2.31. The maximum absolute atomic E-state index is 12.3. The molecule has 0 fully saturated rings. The number of aromatic nitrogens is 2. The average Bonchev–Trinajstić information content (AvgIpc) is 3.16. The number of nitrogens with one attached hydrogen (secondary N) is 2. The van der Waals surface area contributed by atoms with Crippen molar-refractivity contribution in [2.45, 2.75) is 12.3 Å². The second-order valence-corrected chi connectivity index (χ2v) is 6.58. The van der Waals surface area contributed by atoms with Crippen molar-refractivity contribution in [1.82, 2.24) is 9.78 Å². The lowest BCUT2D eigenvalue weighted by atomic mass is 9.87.